The Kier molecular flexibility index (Phi) is 12.4. The second-order valence-corrected chi connectivity index (χ2v) is 18.0. The van der Waals surface area contributed by atoms with Gasteiger partial charge in [0.25, 0.3) is 0 Å². The Bertz CT molecular complexity index is 2130. The molecule has 7 rings (SSSR count). The van der Waals surface area contributed by atoms with Crippen LogP contribution in [-0.4, -0.2) is 6.15 Å². The minimum Gasteiger partial charge on any atom is -0.207 e. The first-order valence-electron chi connectivity index (χ1n) is 19.4. The van der Waals surface area contributed by atoms with Crippen molar-refractivity contribution in [3.8, 4) is 0 Å². The van der Waals surface area contributed by atoms with Gasteiger partial charge >= 0.3 is 0 Å². The Hall–Kier alpha value is -5.25. The summed E-state index contributed by atoms with van der Waals surface area (Å²) < 4.78 is 54.8. The van der Waals surface area contributed by atoms with Crippen molar-refractivity contribution in [2.75, 3.05) is 0 Å². The Morgan fingerprint density at radius 2 is 0.474 bits per heavy atom. The van der Waals surface area contributed by atoms with Crippen LogP contribution in [0, 0.1) is 85.6 Å². The summed E-state index contributed by atoms with van der Waals surface area (Å²) in [6, 6.07) is 38.3. The third kappa shape index (κ3) is 8.55. The molecule has 0 N–H and O–H groups in total. The van der Waals surface area contributed by atoms with Crippen LogP contribution in [0.3, 0.4) is 0 Å². The van der Waals surface area contributed by atoms with Gasteiger partial charge < -0.3 is 0 Å². The number of hydrogen-bond acceptors (Lipinski definition) is 0. The van der Waals surface area contributed by atoms with Gasteiger partial charge in [0.15, 0.2) is 0 Å². The molecule has 0 bridgehead atoms. The minimum atomic E-state index is -1.94. The van der Waals surface area contributed by atoms with E-state index in [4.69, 9.17) is 0 Å². The van der Waals surface area contributed by atoms with E-state index in [-0.39, 0.29) is 0 Å². The molecule has 0 aliphatic heterocycles. The predicted molar refractivity (Wildman–Crippen MR) is 239 cm³/mol. The van der Waals surface area contributed by atoms with Gasteiger partial charge in [-0.1, -0.05) is 102 Å². The Balaban J connectivity index is 0.000000193. The molecule has 290 valence electrons. The Labute approximate surface area is 337 Å². The molecule has 0 aliphatic rings. The zero-order chi connectivity index (χ0) is 41.2. The van der Waals surface area contributed by atoms with Gasteiger partial charge in [0.05, 0.1) is 0 Å². The van der Waals surface area contributed by atoms with E-state index >= 15 is 0 Å². The molecule has 0 aromatic heterocycles. The first-order chi connectivity index (χ1) is 27.1. The molecule has 0 saturated carbocycles. The summed E-state index contributed by atoms with van der Waals surface area (Å²) in [5.41, 5.74) is 15.7. The fraction of sp³-hybridized carbons (Fsp3) is 0.176. The SMILES string of the molecule is Cc1cc(C)c([PH+](c2c(C)cc(C)cc2C)c2c(C)cc(C)cc2C)c(C)c1.Fc1ccc([B-](c2ccc(F)cc2)(c2ccc(F)cc2)c2ccc(F)cc2)cc1. The highest BCUT2D eigenvalue weighted by molar-refractivity contribution is 7.80. The Morgan fingerprint density at radius 3 is 0.649 bits per heavy atom. The maximum atomic E-state index is 13.7. The van der Waals surface area contributed by atoms with Gasteiger partial charge in [-0.15, -0.1) is 0 Å². The van der Waals surface area contributed by atoms with Crippen LogP contribution >= 0.6 is 7.92 Å². The summed E-state index contributed by atoms with van der Waals surface area (Å²) in [7, 11) is -1.11. The lowest BCUT2D eigenvalue weighted by Crippen LogP contribution is -2.74. The summed E-state index contributed by atoms with van der Waals surface area (Å²) in [6.07, 6.45) is -1.94. The fourth-order valence-corrected chi connectivity index (χ4v) is 12.8. The molecule has 0 atom stereocenters. The van der Waals surface area contributed by atoms with Crippen LogP contribution in [-0.2, 0) is 0 Å². The van der Waals surface area contributed by atoms with Gasteiger partial charge in [-0.3, -0.25) is 0 Å². The van der Waals surface area contributed by atoms with Crippen LogP contribution in [0.25, 0.3) is 0 Å². The van der Waals surface area contributed by atoms with E-state index in [9.17, 15) is 17.6 Å². The molecular formula is C51H50BF4P. The molecule has 57 heavy (non-hydrogen) atoms. The lowest BCUT2D eigenvalue weighted by Gasteiger charge is -2.44. The summed E-state index contributed by atoms with van der Waals surface area (Å²) in [5.74, 6) is -1.57. The maximum Gasteiger partial charge on any atom is 0.122 e. The largest absolute Gasteiger partial charge is 0.207 e. The third-order valence-corrected chi connectivity index (χ3v) is 15.1. The van der Waals surface area contributed by atoms with E-state index in [0.29, 0.717) is 0 Å². The van der Waals surface area contributed by atoms with Crippen LogP contribution in [0.5, 0.6) is 0 Å². The molecule has 7 aromatic rings. The highest BCUT2D eigenvalue weighted by atomic mass is 31.1. The van der Waals surface area contributed by atoms with Gasteiger partial charge in [-0.25, -0.2) is 17.6 Å². The zero-order valence-corrected chi connectivity index (χ0v) is 35.3. The summed E-state index contributed by atoms with van der Waals surface area (Å²) in [6.45, 7) is 20.4. The molecule has 0 nitrogen and oxygen atoms in total. The number of aryl methyl sites for hydroxylation is 9. The molecule has 0 radical (unpaired) electrons. The van der Waals surface area contributed by atoms with E-state index in [1.165, 1.54) is 98.6 Å². The summed E-state index contributed by atoms with van der Waals surface area (Å²) in [4.78, 5) is 0. The normalized spacial score (nSPS) is 11.4. The van der Waals surface area contributed by atoms with E-state index in [1.54, 1.807) is 64.4 Å². The second kappa shape index (κ2) is 17.1. The van der Waals surface area contributed by atoms with Crippen LogP contribution < -0.4 is 37.8 Å². The van der Waals surface area contributed by atoms with Crippen LogP contribution in [0.15, 0.2) is 133 Å². The first kappa shape index (κ1) is 41.4. The average Bonchev–Trinajstić information content (AvgIpc) is 3.13. The van der Waals surface area contributed by atoms with Crippen LogP contribution in [0.1, 0.15) is 50.1 Å². The van der Waals surface area contributed by atoms with E-state index in [0.717, 1.165) is 21.9 Å². The monoisotopic (exact) mass is 780 g/mol. The quantitative estimate of drug-likeness (QED) is 0.0860. The fourth-order valence-electron chi connectivity index (χ4n) is 9.26. The summed E-state index contributed by atoms with van der Waals surface area (Å²) >= 11 is 0. The topological polar surface area (TPSA) is 0 Å². The number of rotatable bonds is 7. The lowest BCUT2D eigenvalue weighted by atomic mass is 9.13. The van der Waals surface area contributed by atoms with E-state index in [2.05, 4.69) is 98.7 Å². The van der Waals surface area contributed by atoms with Gasteiger partial charge in [0.1, 0.15) is 53.3 Å². The molecule has 0 heterocycles. The first-order valence-corrected chi connectivity index (χ1v) is 20.9. The molecule has 7 aromatic carbocycles. The van der Waals surface area contributed by atoms with Crippen LogP contribution in [0.4, 0.5) is 17.6 Å². The Morgan fingerprint density at radius 1 is 0.298 bits per heavy atom. The standard InChI is InChI=1S/C27H33P.C24H16BF4/c1-16-10-19(4)25(20(5)11-16)28(26-21(6)12-17(2)13-22(26)7)27-23(8)14-18(3)15-24(27)9;26-21-9-1-17(2-10-21)25(18-3-11-22(27)12-4-18,19-5-13-23(28)14-6-19)20-7-15-24(29)16-8-20/h10-15H,1-9H3;1-16H/q;-1/p+1. The molecule has 0 aliphatic carbocycles. The summed E-state index contributed by atoms with van der Waals surface area (Å²) in [5, 5.41) is 4.71. The molecule has 0 spiro atoms. The lowest BCUT2D eigenvalue weighted by molar-refractivity contribution is 0.628. The van der Waals surface area contributed by atoms with E-state index < -0.39 is 37.3 Å². The number of hydrogen-bond donors (Lipinski definition) is 0. The smallest absolute Gasteiger partial charge is 0.122 e. The van der Waals surface area contributed by atoms with Gasteiger partial charge in [-0.2, -0.15) is 21.9 Å². The molecule has 0 unspecified atom stereocenters. The predicted octanol–water partition coefficient (Wildman–Crippen LogP) is 9.57. The number of halogens is 4. The van der Waals surface area contributed by atoms with Crippen molar-refractivity contribution in [1.82, 2.24) is 0 Å². The highest BCUT2D eigenvalue weighted by Gasteiger charge is 2.35. The second-order valence-electron chi connectivity index (χ2n) is 15.8. The van der Waals surface area contributed by atoms with Gasteiger partial charge in [-0.05, 0) is 144 Å². The van der Waals surface area contributed by atoms with Crippen molar-refractivity contribution in [3.63, 3.8) is 0 Å². The van der Waals surface area contributed by atoms with Crippen molar-refractivity contribution < 1.29 is 17.6 Å². The van der Waals surface area contributed by atoms with Gasteiger partial charge in [0.2, 0.25) is 0 Å². The molecule has 0 amide bonds. The van der Waals surface area contributed by atoms with Crippen molar-refractivity contribution in [1.29, 1.82) is 0 Å². The zero-order valence-electron chi connectivity index (χ0n) is 34.3. The van der Waals surface area contributed by atoms with Crippen molar-refractivity contribution in [3.05, 3.63) is 207 Å². The molecule has 6 heteroatoms. The number of benzene rings is 7. The maximum absolute atomic E-state index is 13.7. The van der Waals surface area contributed by atoms with E-state index in [1.807, 2.05) is 0 Å². The minimum absolute atomic E-state index is 0.393. The molecule has 0 saturated heterocycles. The average molecular weight is 781 g/mol. The van der Waals surface area contributed by atoms with Crippen molar-refractivity contribution in [2.24, 2.45) is 0 Å². The van der Waals surface area contributed by atoms with Gasteiger partial charge in [0, 0.05) is 0 Å². The van der Waals surface area contributed by atoms with Crippen molar-refractivity contribution in [2.45, 2.75) is 62.3 Å². The molecular weight excluding hydrogens is 730 g/mol. The third-order valence-electron chi connectivity index (χ3n) is 11.3. The highest BCUT2D eigenvalue weighted by Crippen LogP contribution is 2.40. The van der Waals surface area contributed by atoms with Crippen molar-refractivity contribution >= 4 is 51.8 Å². The van der Waals surface area contributed by atoms with Crippen LogP contribution in [0.2, 0.25) is 0 Å². The molecule has 0 fully saturated rings.